The predicted octanol–water partition coefficient (Wildman–Crippen LogP) is 1.31. The number of hydrogen-bond acceptors (Lipinski definition) is 1. The number of hydrogen-bond donors (Lipinski definition) is 1. The molecule has 0 aliphatic carbocycles. The zero-order valence-corrected chi connectivity index (χ0v) is 5.19. The fourth-order valence-electron chi connectivity index (χ4n) is 1.16. The monoisotopic (exact) mass is 111 g/mol. The lowest BCUT2D eigenvalue weighted by Crippen LogP contribution is -2.19. The SMILES string of the molecule is C=CC[C@@H]1CCCN1. The summed E-state index contributed by atoms with van der Waals surface area (Å²) in [6.07, 6.45) is 5.81. The number of rotatable bonds is 2. The van der Waals surface area contributed by atoms with E-state index in [1.807, 2.05) is 6.08 Å². The second kappa shape index (κ2) is 2.88. The van der Waals surface area contributed by atoms with Crippen molar-refractivity contribution < 1.29 is 0 Å². The van der Waals surface area contributed by atoms with E-state index in [0.29, 0.717) is 0 Å². The van der Waals surface area contributed by atoms with E-state index in [-0.39, 0.29) is 0 Å². The molecule has 0 aromatic rings. The van der Waals surface area contributed by atoms with E-state index in [9.17, 15) is 0 Å². The molecule has 1 heterocycles. The maximum atomic E-state index is 3.68. The van der Waals surface area contributed by atoms with Gasteiger partial charge in [0.2, 0.25) is 0 Å². The molecule has 46 valence electrons. The molecule has 1 aliphatic rings. The molecule has 1 N–H and O–H groups in total. The molecule has 1 rings (SSSR count). The van der Waals surface area contributed by atoms with E-state index < -0.39 is 0 Å². The van der Waals surface area contributed by atoms with Gasteiger partial charge in [-0.25, -0.2) is 0 Å². The summed E-state index contributed by atoms with van der Waals surface area (Å²) in [5.41, 5.74) is 0. The fraction of sp³-hybridized carbons (Fsp3) is 0.714. The summed E-state index contributed by atoms with van der Waals surface area (Å²) >= 11 is 0. The first-order chi connectivity index (χ1) is 3.93. The van der Waals surface area contributed by atoms with Gasteiger partial charge in [0.1, 0.15) is 0 Å². The van der Waals surface area contributed by atoms with Crippen molar-refractivity contribution in [1.29, 1.82) is 0 Å². The van der Waals surface area contributed by atoms with Gasteiger partial charge in [-0.15, -0.1) is 6.58 Å². The Morgan fingerprint density at radius 2 is 2.62 bits per heavy atom. The topological polar surface area (TPSA) is 12.0 Å². The zero-order valence-electron chi connectivity index (χ0n) is 5.19. The Hall–Kier alpha value is -0.300. The molecule has 0 amide bonds. The highest BCUT2D eigenvalue weighted by molar-refractivity contribution is 4.81. The summed E-state index contributed by atoms with van der Waals surface area (Å²) in [5, 5.41) is 3.39. The lowest BCUT2D eigenvalue weighted by Gasteiger charge is -2.03. The van der Waals surface area contributed by atoms with Gasteiger partial charge >= 0.3 is 0 Å². The van der Waals surface area contributed by atoms with Crippen LogP contribution in [0.1, 0.15) is 19.3 Å². The molecule has 8 heavy (non-hydrogen) atoms. The first-order valence-electron chi connectivity index (χ1n) is 3.28. The minimum Gasteiger partial charge on any atom is -0.314 e. The molecule has 0 radical (unpaired) electrons. The molecule has 1 nitrogen and oxygen atoms in total. The van der Waals surface area contributed by atoms with Gasteiger partial charge in [-0.2, -0.15) is 0 Å². The third kappa shape index (κ3) is 1.34. The van der Waals surface area contributed by atoms with Crippen LogP contribution in [0.5, 0.6) is 0 Å². The van der Waals surface area contributed by atoms with E-state index in [1.165, 1.54) is 19.4 Å². The van der Waals surface area contributed by atoms with Crippen LogP contribution in [-0.2, 0) is 0 Å². The summed E-state index contributed by atoms with van der Waals surface area (Å²) in [6, 6.07) is 0.743. The van der Waals surface area contributed by atoms with Crippen LogP contribution in [0, 0.1) is 0 Å². The Morgan fingerprint density at radius 3 is 3.12 bits per heavy atom. The lowest BCUT2D eigenvalue weighted by atomic mass is 10.2. The van der Waals surface area contributed by atoms with Crippen molar-refractivity contribution in [3.8, 4) is 0 Å². The molecule has 0 bridgehead atoms. The molecule has 1 heteroatoms. The molecular formula is C7H13N. The van der Waals surface area contributed by atoms with Gasteiger partial charge in [0.25, 0.3) is 0 Å². The van der Waals surface area contributed by atoms with E-state index in [2.05, 4.69) is 11.9 Å². The van der Waals surface area contributed by atoms with Crippen LogP contribution >= 0.6 is 0 Å². The van der Waals surface area contributed by atoms with Crippen molar-refractivity contribution in [2.45, 2.75) is 25.3 Å². The van der Waals surface area contributed by atoms with Crippen molar-refractivity contribution in [3.63, 3.8) is 0 Å². The van der Waals surface area contributed by atoms with E-state index in [4.69, 9.17) is 0 Å². The third-order valence-corrected chi connectivity index (χ3v) is 1.61. The van der Waals surface area contributed by atoms with E-state index in [1.54, 1.807) is 0 Å². The van der Waals surface area contributed by atoms with Gasteiger partial charge in [-0.3, -0.25) is 0 Å². The Morgan fingerprint density at radius 1 is 1.75 bits per heavy atom. The molecule has 1 saturated heterocycles. The molecule has 0 saturated carbocycles. The standard InChI is InChI=1S/C7H13N/c1-2-4-7-5-3-6-8-7/h2,7-8H,1,3-6H2/t7-/m1/s1. The van der Waals surface area contributed by atoms with Gasteiger partial charge in [-0.05, 0) is 25.8 Å². The van der Waals surface area contributed by atoms with Crippen molar-refractivity contribution in [1.82, 2.24) is 5.32 Å². The van der Waals surface area contributed by atoms with Crippen LogP contribution < -0.4 is 5.32 Å². The Bertz CT molecular complexity index is 72.5. The highest BCUT2D eigenvalue weighted by Crippen LogP contribution is 2.07. The quantitative estimate of drug-likeness (QED) is 0.530. The first kappa shape index (κ1) is 5.83. The average Bonchev–Trinajstić information content (AvgIpc) is 2.19. The lowest BCUT2D eigenvalue weighted by molar-refractivity contribution is 0.615. The minimum absolute atomic E-state index is 0.743. The molecule has 0 aromatic heterocycles. The van der Waals surface area contributed by atoms with Crippen molar-refractivity contribution >= 4 is 0 Å². The first-order valence-corrected chi connectivity index (χ1v) is 3.28. The van der Waals surface area contributed by atoms with Crippen molar-refractivity contribution in [3.05, 3.63) is 12.7 Å². The summed E-state index contributed by atoms with van der Waals surface area (Å²) in [6.45, 7) is 4.89. The minimum atomic E-state index is 0.743. The van der Waals surface area contributed by atoms with Crippen molar-refractivity contribution in [2.24, 2.45) is 0 Å². The van der Waals surface area contributed by atoms with Crippen LogP contribution in [0.2, 0.25) is 0 Å². The number of nitrogens with one attached hydrogen (secondary N) is 1. The third-order valence-electron chi connectivity index (χ3n) is 1.61. The Balaban J connectivity index is 2.14. The summed E-state index contributed by atoms with van der Waals surface area (Å²) in [5.74, 6) is 0. The van der Waals surface area contributed by atoms with Crippen LogP contribution in [0.4, 0.5) is 0 Å². The normalized spacial score (nSPS) is 28.2. The summed E-state index contributed by atoms with van der Waals surface area (Å²) < 4.78 is 0. The second-order valence-corrected chi connectivity index (χ2v) is 2.32. The second-order valence-electron chi connectivity index (χ2n) is 2.32. The van der Waals surface area contributed by atoms with Crippen LogP contribution in [-0.4, -0.2) is 12.6 Å². The Labute approximate surface area is 50.8 Å². The molecule has 1 fully saturated rings. The smallest absolute Gasteiger partial charge is 0.0102 e. The van der Waals surface area contributed by atoms with Crippen LogP contribution in [0.3, 0.4) is 0 Å². The Kier molecular flexibility index (Phi) is 2.10. The molecular weight excluding hydrogens is 98.1 g/mol. The summed E-state index contributed by atoms with van der Waals surface area (Å²) in [7, 11) is 0. The maximum absolute atomic E-state index is 3.68. The van der Waals surface area contributed by atoms with Gasteiger partial charge in [0, 0.05) is 6.04 Å². The largest absolute Gasteiger partial charge is 0.314 e. The zero-order chi connectivity index (χ0) is 5.82. The molecule has 1 aliphatic heterocycles. The highest BCUT2D eigenvalue weighted by atomic mass is 14.9. The molecule has 0 unspecified atom stereocenters. The molecule has 0 spiro atoms. The van der Waals surface area contributed by atoms with Crippen LogP contribution in [0.25, 0.3) is 0 Å². The van der Waals surface area contributed by atoms with Crippen LogP contribution in [0.15, 0.2) is 12.7 Å². The van der Waals surface area contributed by atoms with Gasteiger partial charge in [0.05, 0.1) is 0 Å². The molecule has 0 aromatic carbocycles. The maximum Gasteiger partial charge on any atom is 0.0102 e. The average molecular weight is 111 g/mol. The van der Waals surface area contributed by atoms with Gasteiger partial charge in [-0.1, -0.05) is 6.08 Å². The highest BCUT2D eigenvalue weighted by Gasteiger charge is 2.10. The van der Waals surface area contributed by atoms with Gasteiger partial charge < -0.3 is 5.32 Å². The van der Waals surface area contributed by atoms with Gasteiger partial charge in [0.15, 0.2) is 0 Å². The fourth-order valence-corrected chi connectivity index (χ4v) is 1.16. The molecule has 1 atom stereocenters. The van der Waals surface area contributed by atoms with Crippen molar-refractivity contribution in [2.75, 3.05) is 6.54 Å². The summed E-state index contributed by atoms with van der Waals surface area (Å²) in [4.78, 5) is 0. The van der Waals surface area contributed by atoms with E-state index in [0.717, 1.165) is 12.5 Å². The van der Waals surface area contributed by atoms with E-state index >= 15 is 0 Å². The predicted molar refractivity (Wildman–Crippen MR) is 35.8 cm³/mol.